The molecule has 23 heavy (non-hydrogen) atoms. The number of anilines is 1. The van der Waals surface area contributed by atoms with Gasteiger partial charge in [-0.1, -0.05) is 75.7 Å². The molecular formula is C21H27NO. The Morgan fingerprint density at radius 2 is 1.74 bits per heavy atom. The van der Waals surface area contributed by atoms with Crippen LogP contribution in [0.5, 0.6) is 0 Å². The van der Waals surface area contributed by atoms with Crippen LogP contribution in [0.15, 0.2) is 48.5 Å². The van der Waals surface area contributed by atoms with E-state index < -0.39 is 0 Å². The lowest BCUT2D eigenvalue weighted by Gasteiger charge is -2.24. The van der Waals surface area contributed by atoms with Gasteiger partial charge in [0.25, 0.3) is 0 Å². The molecule has 0 saturated carbocycles. The fourth-order valence-electron chi connectivity index (χ4n) is 3.04. The van der Waals surface area contributed by atoms with E-state index in [0.717, 1.165) is 29.7 Å². The van der Waals surface area contributed by atoms with E-state index in [2.05, 4.69) is 57.3 Å². The predicted molar refractivity (Wildman–Crippen MR) is 97.8 cm³/mol. The minimum atomic E-state index is -0.120. The lowest BCUT2D eigenvalue weighted by molar-refractivity contribution is -0.118. The van der Waals surface area contributed by atoms with E-state index in [9.17, 15) is 4.79 Å². The summed E-state index contributed by atoms with van der Waals surface area (Å²) in [5.74, 6) is 0.270. The van der Waals surface area contributed by atoms with E-state index >= 15 is 0 Å². The Hall–Kier alpha value is -2.09. The molecule has 0 unspecified atom stereocenters. The van der Waals surface area contributed by atoms with Gasteiger partial charge in [0.1, 0.15) is 0 Å². The van der Waals surface area contributed by atoms with Crippen molar-refractivity contribution in [1.29, 1.82) is 0 Å². The van der Waals surface area contributed by atoms with E-state index in [1.165, 1.54) is 5.56 Å². The molecule has 0 bridgehead atoms. The molecule has 2 heteroatoms. The maximum Gasteiger partial charge on any atom is 0.232 e. The number of nitrogens with one attached hydrogen (secondary N) is 1. The molecule has 1 amide bonds. The van der Waals surface area contributed by atoms with Crippen molar-refractivity contribution in [2.24, 2.45) is 5.92 Å². The van der Waals surface area contributed by atoms with E-state index in [4.69, 9.17) is 0 Å². The summed E-state index contributed by atoms with van der Waals surface area (Å²) in [6, 6.07) is 16.3. The van der Waals surface area contributed by atoms with Crippen molar-refractivity contribution in [2.45, 2.75) is 46.5 Å². The second kappa shape index (κ2) is 7.96. The van der Waals surface area contributed by atoms with Crippen LogP contribution in [-0.2, 0) is 11.2 Å². The van der Waals surface area contributed by atoms with E-state index in [1.807, 2.05) is 24.3 Å². The Bertz CT molecular complexity index is 648. The van der Waals surface area contributed by atoms with Crippen LogP contribution < -0.4 is 5.32 Å². The first kappa shape index (κ1) is 17.3. The molecule has 122 valence electrons. The van der Waals surface area contributed by atoms with Gasteiger partial charge >= 0.3 is 0 Å². The number of para-hydroxylation sites is 1. The molecule has 0 saturated heterocycles. The number of aryl methyl sites for hydroxylation is 2. The standard InChI is InChI=1S/C21H27NO/c1-5-15(3)19(18-12-8-7-9-13-18)21(23)22-20-16(4)11-10-14-17(20)6-2/h7-15,19H,5-6H2,1-4H3,(H,22,23)/t15-,19+/m0/s1. The zero-order valence-corrected chi connectivity index (χ0v) is 14.6. The van der Waals surface area contributed by atoms with Crippen molar-refractivity contribution in [3.63, 3.8) is 0 Å². The molecule has 2 nitrogen and oxygen atoms in total. The number of rotatable bonds is 6. The number of carbonyl (C=O) groups excluding carboxylic acids is 1. The van der Waals surface area contributed by atoms with Crippen molar-refractivity contribution in [1.82, 2.24) is 0 Å². The second-order valence-corrected chi connectivity index (χ2v) is 6.23. The quantitative estimate of drug-likeness (QED) is 0.768. The van der Waals surface area contributed by atoms with Crippen LogP contribution in [0.2, 0.25) is 0 Å². The fraction of sp³-hybridized carbons (Fsp3) is 0.381. The Kier molecular flexibility index (Phi) is 5.97. The Balaban J connectivity index is 2.33. The summed E-state index contributed by atoms with van der Waals surface area (Å²) >= 11 is 0. The molecule has 0 heterocycles. The maximum atomic E-state index is 13.0. The van der Waals surface area contributed by atoms with Crippen molar-refractivity contribution in [2.75, 3.05) is 5.32 Å². The van der Waals surface area contributed by atoms with Crippen LogP contribution in [0.3, 0.4) is 0 Å². The average Bonchev–Trinajstić information content (AvgIpc) is 2.57. The molecule has 2 atom stereocenters. The highest BCUT2D eigenvalue weighted by atomic mass is 16.1. The highest BCUT2D eigenvalue weighted by molar-refractivity contribution is 5.97. The second-order valence-electron chi connectivity index (χ2n) is 6.23. The highest BCUT2D eigenvalue weighted by Gasteiger charge is 2.26. The van der Waals surface area contributed by atoms with Crippen molar-refractivity contribution in [3.05, 3.63) is 65.2 Å². The summed E-state index contributed by atoms with van der Waals surface area (Å²) in [5.41, 5.74) is 4.37. The minimum Gasteiger partial charge on any atom is -0.325 e. The van der Waals surface area contributed by atoms with Crippen LogP contribution in [0.25, 0.3) is 0 Å². The number of hydrogen-bond donors (Lipinski definition) is 1. The highest BCUT2D eigenvalue weighted by Crippen LogP contribution is 2.30. The van der Waals surface area contributed by atoms with E-state index in [0.29, 0.717) is 5.92 Å². The van der Waals surface area contributed by atoms with E-state index in [-0.39, 0.29) is 11.8 Å². The number of hydrogen-bond acceptors (Lipinski definition) is 1. The van der Waals surface area contributed by atoms with Gasteiger partial charge in [0.15, 0.2) is 0 Å². The third-order valence-corrected chi connectivity index (χ3v) is 4.64. The van der Waals surface area contributed by atoms with Gasteiger partial charge in [-0.15, -0.1) is 0 Å². The van der Waals surface area contributed by atoms with Gasteiger partial charge in [-0.25, -0.2) is 0 Å². The van der Waals surface area contributed by atoms with Crippen LogP contribution in [0, 0.1) is 12.8 Å². The molecule has 0 aliphatic heterocycles. The van der Waals surface area contributed by atoms with Gasteiger partial charge < -0.3 is 5.32 Å². The van der Waals surface area contributed by atoms with Gasteiger partial charge in [-0.3, -0.25) is 4.79 Å². The lowest BCUT2D eigenvalue weighted by atomic mass is 9.84. The molecule has 0 radical (unpaired) electrons. The first-order chi connectivity index (χ1) is 11.1. The Morgan fingerprint density at radius 1 is 1.04 bits per heavy atom. The Labute approximate surface area is 139 Å². The largest absolute Gasteiger partial charge is 0.325 e. The zero-order valence-electron chi connectivity index (χ0n) is 14.6. The molecule has 2 rings (SSSR count). The molecule has 0 aliphatic rings. The van der Waals surface area contributed by atoms with Crippen LogP contribution in [0.4, 0.5) is 5.69 Å². The summed E-state index contributed by atoms with van der Waals surface area (Å²) in [6.07, 6.45) is 1.89. The number of carbonyl (C=O) groups is 1. The lowest BCUT2D eigenvalue weighted by Crippen LogP contribution is -2.27. The van der Waals surface area contributed by atoms with Crippen LogP contribution >= 0.6 is 0 Å². The third-order valence-electron chi connectivity index (χ3n) is 4.64. The zero-order chi connectivity index (χ0) is 16.8. The van der Waals surface area contributed by atoms with Crippen LogP contribution in [-0.4, -0.2) is 5.91 Å². The third kappa shape index (κ3) is 4.01. The Morgan fingerprint density at radius 3 is 2.35 bits per heavy atom. The van der Waals surface area contributed by atoms with Gasteiger partial charge in [0, 0.05) is 5.69 Å². The summed E-state index contributed by atoms with van der Waals surface area (Å²) in [7, 11) is 0. The monoisotopic (exact) mass is 309 g/mol. The molecule has 0 spiro atoms. The van der Waals surface area contributed by atoms with Crippen molar-refractivity contribution >= 4 is 11.6 Å². The molecule has 2 aromatic carbocycles. The van der Waals surface area contributed by atoms with Gasteiger partial charge in [0.05, 0.1) is 5.92 Å². The van der Waals surface area contributed by atoms with Crippen molar-refractivity contribution < 1.29 is 4.79 Å². The van der Waals surface area contributed by atoms with E-state index in [1.54, 1.807) is 0 Å². The SMILES string of the molecule is CCc1cccc(C)c1NC(=O)[C@@H](c1ccccc1)[C@@H](C)CC. The van der Waals surface area contributed by atoms with Crippen molar-refractivity contribution in [3.8, 4) is 0 Å². The first-order valence-corrected chi connectivity index (χ1v) is 8.52. The molecule has 0 fully saturated rings. The summed E-state index contributed by atoms with van der Waals surface area (Å²) in [6.45, 7) is 8.46. The molecule has 0 aromatic heterocycles. The first-order valence-electron chi connectivity index (χ1n) is 8.52. The maximum absolute atomic E-state index is 13.0. The fourth-order valence-corrected chi connectivity index (χ4v) is 3.04. The normalized spacial score (nSPS) is 13.4. The summed E-state index contributed by atoms with van der Waals surface area (Å²) in [4.78, 5) is 13.0. The summed E-state index contributed by atoms with van der Waals surface area (Å²) < 4.78 is 0. The summed E-state index contributed by atoms with van der Waals surface area (Å²) in [5, 5.41) is 3.20. The molecule has 1 N–H and O–H groups in total. The number of benzene rings is 2. The van der Waals surface area contributed by atoms with Gasteiger partial charge in [-0.05, 0) is 36.0 Å². The average molecular weight is 309 g/mol. The predicted octanol–water partition coefficient (Wildman–Crippen LogP) is 5.33. The molecule has 0 aliphatic carbocycles. The molecule has 2 aromatic rings. The smallest absolute Gasteiger partial charge is 0.232 e. The van der Waals surface area contributed by atoms with Gasteiger partial charge in [0.2, 0.25) is 5.91 Å². The van der Waals surface area contributed by atoms with Gasteiger partial charge in [-0.2, -0.15) is 0 Å². The van der Waals surface area contributed by atoms with Crippen LogP contribution in [0.1, 0.15) is 49.8 Å². The topological polar surface area (TPSA) is 29.1 Å². The minimum absolute atomic E-state index is 0.0922. The number of amides is 1. The molecular weight excluding hydrogens is 282 g/mol.